The van der Waals surface area contributed by atoms with Gasteiger partial charge in [0, 0.05) is 25.2 Å². The van der Waals surface area contributed by atoms with Crippen LogP contribution in [0.2, 0.25) is 0 Å². The summed E-state index contributed by atoms with van der Waals surface area (Å²) in [6, 6.07) is 7.16. The summed E-state index contributed by atoms with van der Waals surface area (Å²) in [5.41, 5.74) is 1.94. The average Bonchev–Trinajstić information content (AvgIpc) is 2.89. The third-order valence-electron chi connectivity index (χ3n) is 4.27. The Balaban J connectivity index is 0.00000176. The zero-order valence-corrected chi connectivity index (χ0v) is 12.7. The number of nitrogens with one attached hydrogen (secondary N) is 1. The molecule has 2 unspecified atom stereocenters. The second kappa shape index (κ2) is 6.36. The van der Waals surface area contributed by atoms with Gasteiger partial charge in [0.15, 0.2) is 0 Å². The van der Waals surface area contributed by atoms with Gasteiger partial charge in [-0.1, -0.05) is 18.2 Å². The van der Waals surface area contributed by atoms with Crippen molar-refractivity contribution in [1.29, 1.82) is 0 Å². The number of alkyl halides is 3. The van der Waals surface area contributed by atoms with Crippen molar-refractivity contribution in [2.45, 2.75) is 31.5 Å². The maximum atomic E-state index is 12.8. The molecule has 3 nitrogen and oxygen atoms in total. The summed E-state index contributed by atoms with van der Waals surface area (Å²) >= 11 is 0. The molecular formula is C15H18ClF3N2O. The minimum Gasteiger partial charge on any atom is -0.373 e. The molecule has 1 aromatic carbocycles. The lowest BCUT2D eigenvalue weighted by Gasteiger charge is -2.35. The summed E-state index contributed by atoms with van der Waals surface area (Å²) in [6.45, 7) is 0.205. The predicted octanol–water partition coefficient (Wildman–Crippen LogP) is 3.25. The van der Waals surface area contributed by atoms with E-state index < -0.39 is 18.1 Å². The minimum absolute atomic E-state index is 0. The molecule has 2 heterocycles. The van der Waals surface area contributed by atoms with E-state index in [4.69, 9.17) is 0 Å². The van der Waals surface area contributed by atoms with E-state index in [9.17, 15) is 18.0 Å². The van der Waals surface area contributed by atoms with Crippen LogP contribution in [0.1, 0.15) is 18.4 Å². The SMILES string of the molecule is Cl.O=C(C1Cc2ccccc2N1)N1CCCC(C(F)(F)F)C1. The van der Waals surface area contributed by atoms with Crippen molar-refractivity contribution in [2.24, 2.45) is 5.92 Å². The highest BCUT2D eigenvalue weighted by molar-refractivity contribution is 5.87. The Morgan fingerprint density at radius 1 is 1.27 bits per heavy atom. The van der Waals surface area contributed by atoms with Gasteiger partial charge in [0.2, 0.25) is 5.91 Å². The van der Waals surface area contributed by atoms with Gasteiger partial charge in [0.05, 0.1) is 5.92 Å². The molecule has 2 aliphatic rings. The van der Waals surface area contributed by atoms with Gasteiger partial charge in [-0.3, -0.25) is 4.79 Å². The van der Waals surface area contributed by atoms with E-state index in [0.717, 1.165) is 11.3 Å². The summed E-state index contributed by atoms with van der Waals surface area (Å²) in [6.07, 6.45) is -3.14. The number of likely N-dealkylation sites (tertiary alicyclic amines) is 1. The van der Waals surface area contributed by atoms with Gasteiger partial charge in [-0.25, -0.2) is 0 Å². The molecule has 1 N–H and O–H groups in total. The lowest BCUT2D eigenvalue weighted by molar-refractivity contribution is -0.188. The Labute approximate surface area is 133 Å². The topological polar surface area (TPSA) is 32.3 Å². The number of nitrogens with zero attached hydrogens (tertiary/aromatic N) is 1. The number of rotatable bonds is 1. The Morgan fingerprint density at radius 3 is 2.68 bits per heavy atom. The van der Waals surface area contributed by atoms with E-state index in [2.05, 4.69) is 5.32 Å². The smallest absolute Gasteiger partial charge is 0.373 e. The lowest BCUT2D eigenvalue weighted by atomic mass is 9.96. The molecule has 122 valence electrons. The summed E-state index contributed by atoms with van der Waals surface area (Å²) in [5, 5.41) is 3.11. The fourth-order valence-corrected chi connectivity index (χ4v) is 3.11. The van der Waals surface area contributed by atoms with Crippen molar-refractivity contribution in [3.05, 3.63) is 29.8 Å². The molecule has 2 atom stereocenters. The molecule has 0 radical (unpaired) electrons. The van der Waals surface area contributed by atoms with Crippen LogP contribution in [-0.2, 0) is 11.2 Å². The molecule has 0 aliphatic carbocycles. The van der Waals surface area contributed by atoms with E-state index in [-0.39, 0.29) is 31.3 Å². The van der Waals surface area contributed by atoms with Crippen LogP contribution >= 0.6 is 12.4 Å². The second-order valence-electron chi connectivity index (χ2n) is 5.72. The Morgan fingerprint density at radius 2 is 2.00 bits per heavy atom. The number of para-hydroxylation sites is 1. The van der Waals surface area contributed by atoms with Gasteiger partial charge in [-0.15, -0.1) is 12.4 Å². The van der Waals surface area contributed by atoms with Gasteiger partial charge in [-0.05, 0) is 24.5 Å². The van der Waals surface area contributed by atoms with Crippen molar-refractivity contribution in [2.75, 3.05) is 18.4 Å². The van der Waals surface area contributed by atoms with Crippen molar-refractivity contribution >= 4 is 24.0 Å². The largest absolute Gasteiger partial charge is 0.393 e. The first-order valence-corrected chi connectivity index (χ1v) is 7.15. The highest BCUT2D eigenvalue weighted by Gasteiger charge is 2.43. The zero-order chi connectivity index (χ0) is 15.0. The van der Waals surface area contributed by atoms with Gasteiger partial charge < -0.3 is 10.2 Å². The van der Waals surface area contributed by atoms with Crippen LogP contribution in [0, 0.1) is 5.92 Å². The van der Waals surface area contributed by atoms with Crippen LogP contribution in [0.25, 0.3) is 0 Å². The highest BCUT2D eigenvalue weighted by Crippen LogP contribution is 2.34. The summed E-state index contributed by atoms with van der Waals surface area (Å²) in [7, 11) is 0. The molecule has 1 fully saturated rings. The highest BCUT2D eigenvalue weighted by atomic mass is 35.5. The number of benzene rings is 1. The molecule has 0 bridgehead atoms. The molecule has 1 aromatic rings. The van der Waals surface area contributed by atoms with Crippen molar-refractivity contribution in [1.82, 2.24) is 4.90 Å². The third kappa shape index (κ3) is 3.32. The maximum absolute atomic E-state index is 12.8. The maximum Gasteiger partial charge on any atom is 0.393 e. The predicted molar refractivity (Wildman–Crippen MR) is 80.2 cm³/mol. The molecule has 3 rings (SSSR count). The van der Waals surface area contributed by atoms with E-state index in [1.54, 1.807) is 0 Å². The first-order chi connectivity index (χ1) is 9.95. The number of piperidine rings is 1. The second-order valence-corrected chi connectivity index (χ2v) is 5.72. The number of hydrogen-bond acceptors (Lipinski definition) is 2. The Hall–Kier alpha value is -1.43. The fraction of sp³-hybridized carbons (Fsp3) is 0.533. The van der Waals surface area contributed by atoms with E-state index in [0.29, 0.717) is 19.4 Å². The van der Waals surface area contributed by atoms with Crippen molar-refractivity contribution < 1.29 is 18.0 Å². The van der Waals surface area contributed by atoms with Gasteiger partial charge in [0.1, 0.15) is 6.04 Å². The summed E-state index contributed by atoms with van der Waals surface area (Å²) < 4.78 is 38.5. The zero-order valence-electron chi connectivity index (χ0n) is 11.9. The molecule has 0 spiro atoms. The minimum atomic E-state index is -4.22. The average molecular weight is 335 g/mol. The van der Waals surface area contributed by atoms with Crippen LogP contribution in [0.4, 0.5) is 18.9 Å². The number of amides is 1. The van der Waals surface area contributed by atoms with Crippen LogP contribution in [-0.4, -0.2) is 36.1 Å². The fourth-order valence-electron chi connectivity index (χ4n) is 3.11. The lowest BCUT2D eigenvalue weighted by Crippen LogP contribution is -2.49. The molecule has 2 aliphatic heterocycles. The van der Waals surface area contributed by atoms with Crippen LogP contribution in [0.15, 0.2) is 24.3 Å². The third-order valence-corrected chi connectivity index (χ3v) is 4.27. The van der Waals surface area contributed by atoms with E-state index in [1.807, 2.05) is 24.3 Å². The van der Waals surface area contributed by atoms with Crippen LogP contribution in [0.5, 0.6) is 0 Å². The molecule has 1 saturated heterocycles. The molecule has 0 saturated carbocycles. The molecule has 1 amide bonds. The summed E-state index contributed by atoms with van der Waals surface area (Å²) in [4.78, 5) is 13.8. The molecule has 0 aromatic heterocycles. The van der Waals surface area contributed by atoms with Crippen LogP contribution < -0.4 is 5.32 Å². The van der Waals surface area contributed by atoms with Crippen molar-refractivity contribution in [3.63, 3.8) is 0 Å². The number of fused-ring (bicyclic) bond motifs is 1. The monoisotopic (exact) mass is 334 g/mol. The quantitative estimate of drug-likeness (QED) is 0.855. The molecular weight excluding hydrogens is 317 g/mol. The van der Waals surface area contributed by atoms with Gasteiger partial charge >= 0.3 is 6.18 Å². The van der Waals surface area contributed by atoms with Crippen molar-refractivity contribution in [3.8, 4) is 0 Å². The molecule has 7 heteroatoms. The Kier molecular flexibility index (Phi) is 4.90. The Bertz CT molecular complexity index is 525. The first-order valence-electron chi connectivity index (χ1n) is 7.15. The number of carbonyl (C=O) groups excluding carboxylic acids is 1. The number of hydrogen-bond donors (Lipinski definition) is 1. The molecule has 22 heavy (non-hydrogen) atoms. The normalized spacial score (nSPS) is 24.2. The first kappa shape index (κ1) is 16.9. The van der Waals surface area contributed by atoms with Gasteiger partial charge in [-0.2, -0.15) is 13.2 Å². The van der Waals surface area contributed by atoms with E-state index in [1.165, 1.54) is 4.90 Å². The number of anilines is 1. The van der Waals surface area contributed by atoms with Gasteiger partial charge in [0.25, 0.3) is 0 Å². The summed E-state index contributed by atoms with van der Waals surface area (Å²) in [5.74, 6) is -1.61. The van der Waals surface area contributed by atoms with Crippen LogP contribution in [0.3, 0.4) is 0 Å². The number of carbonyl (C=O) groups is 1. The standard InChI is InChI=1S/C15H17F3N2O.ClH/c16-15(17,18)11-5-3-7-20(9-11)14(21)13-8-10-4-1-2-6-12(10)19-13;/h1-2,4,6,11,13,19H,3,5,7-9H2;1H. The van der Waals surface area contributed by atoms with E-state index >= 15 is 0 Å². The number of halogens is 4.